The van der Waals surface area contributed by atoms with E-state index in [9.17, 15) is 20.0 Å². The van der Waals surface area contributed by atoms with Gasteiger partial charge in [-0.15, -0.1) is 0 Å². The summed E-state index contributed by atoms with van der Waals surface area (Å²) in [6.45, 7) is 7.04. The van der Waals surface area contributed by atoms with Crippen LogP contribution in [0.2, 0.25) is 0 Å². The minimum Gasteiger partial charge on any atom is -0.444 e. The lowest BCUT2D eigenvalue weighted by molar-refractivity contribution is -0.384. The van der Waals surface area contributed by atoms with Crippen molar-refractivity contribution in [1.29, 1.82) is 0 Å². The van der Waals surface area contributed by atoms with Crippen LogP contribution in [0.5, 0.6) is 0 Å². The summed E-state index contributed by atoms with van der Waals surface area (Å²) in [7, 11) is 0. The van der Waals surface area contributed by atoms with E-state index in [2.05, 4.69) is 5.32 Å². The summed E-state index contributed by atoms with van der Waals surface area (Å²) in [6, 6.07) is 4.52. The van der Waals surface area contributed by atoms with E-state index in [1.807, 2.05) is 20.8 Å². The standard InChI is InChI=1S/C18H27N3O5/c1-18(2,3)26-17(23)20-8-4-5-14(11-20)10-19-15-9-13(12-22)6-7-16(15)21(24)25/h6-7,9,14,19,22H,4-5,8,10-12H2,1-3H3/t14-/m1/s1. The molecule has 2 rings (SSSR count). The maximum atomic E-state index is 12.2. The molecule has 8 nitrogen and oxygen atoms in total. The summed E-state index contributed by atoms with van der Waals surface area (Å²) < 4.78 is 5.42. The van der Waals surface area contributed by atoms with Gasteiger partial charge >= 0.3 is 6.09 Å². The highest BCUT2D eigenvalue weighted by Crippen LogP contribution is 2.27. The van der Waals surface area contributed by atoms with Gasteiger partial charge < -0.3 is 20.1 Å². The number of carbonyl (C=O) groups is 1. The Bertz CT molecular complexity index is 657. The number of benzene rings is 1. The molecule has 1 atom stereocenters. The van der Waals surface area contributed by atoms with Crippen LogP contribution >= 0.6 is 0 Å². The average molecular weight is 365 g/mol. The van der Waals surface area contributed by atoms with Crippen LogP contribution in [-0.4, -0.2) is 46.3 Å². The summed E-state index contributed by atoms with van der Waals surface area (Å²) in [4.78, 5) is 24.7. The zero-order valence-corrected chi connectivity index (χ0v) is 15.5. The molecular formula is C18H27N3O5. The van der Waals surface area contributed by atoms with Gasteiger partial charge in [-0.25, -0.2) is 4.79 Å². The van der Waals surface area contributed by atoms with Gasteiger partial charge in [0.05, 0.1) is 11.5 Å². The largest absolute Gasteiger partial charge is 0.444 e. The number of nitro benzene ring substituents is 1. The van der Waals surface area contributed by atoms with E-state index in [0.717, 1.165) is 12.8 Å². The van der Waals surface area contributed by atoms with Crippen molar-refractivity contribution in [3.8, 4) is 0 Å². The lowest BCUT2D eigenvalue weighted by atomic mass is 9.98. The molecule has 8 heteroatoms. The maximum Gasteiger partial charge on any atom is 0.410 e. The average Bonchev–Trinajstić information content (AvgIpc) is 2.58. The van der Waals surface area contributed by atoms with Crippen molar-refractivity contribution in [2.45, 2.75) is 45.8 Å². The van der Waals surface area contributed by atoms with Gasteiger partial charge in [-0.1, -0.05) is 0 Å². The number of hydrogen-bond acceptors (Lipinski definition) is 6. The molecule has 0 saturated carbocycles. The Labute approximate surface area is 153 Å². The summed E-state index contributed by atoms with van der Waals surface area (Å²) in [5, 5.41) is 23.5. The molecule has 144 valence electrons. The third-order valence-electron chi connectivity index (χ3n) is 4.19. The number of rotatable bonds is 5. The molecule has 1 fully saturated rings. The van der Waals surface area contributed by atoms with Crippen LogP contribution in [0.3, 0.4) is 0 Å². The van der Waals surface area contributed by atoms with Crippen LogP contribution in [0.15, 0.2) is 18.2 Å². The van der Waals surface area contributed by atoms with E-state index in [1.54, 1.807) is 11.0 Å². The van der Waals surface area contributed by atoms with Crippen molar-refractivity contribution in [1.82, 2.24) is 4.90 Å². The molecule has 2 N–H and O–H groups in total. The number of aliphatic hydroxyl groups is 1. The number of hydrogen-bond donors (Lipinski definition) is 2. The predicted octanol–water partition coefficient (Wildman–Crippen LogP) is 3.15. The Morgan fingerprint density at radius 1 is 1.46 bits per heavy atom. The van der Waals surface area contributed by atoms with Gasteiger partial charge in [0.25, 0.3) is 5.69 Å². The van der Waals surface area contributed by atoms with Crippen LogP contribution in [0.1, 0.15) is 39.2 Å². The second-order valence-electron chi connectivity index (χ2n) is 7.58. The molecular weight excluding hydrogens is 338 g/mol. The monoisotopic (exact) mass is 365 g/mol. The van der Waals surface area contributed by atoms with Crippen molar-refractivity contribution in [2.24, 2.45) is 5.92 Å². The van der Waals surface area contributed by atoms with Crippen molar-refractivity contribution in [3.05, 3.63) is 33.9 Å². The third-order valence-corrected chi connectivity index (χ3v) is 4.19. The molecule has 0 radical (unpaired) electrons. The number of amides is 1. The number of anilines is 1. The van der Waals surface area contributed by atoms with Gasteiger partial charge in [0.2, 0.25) is 0 Å². The van der Waals surface area contributed by atoms with Gasteiger partial charge in [0, 0.05) is 25.7 Å². The summed E-state index contributed by atoms with van der Waals surface area (Å²) in [6.07, 6.45) is 1.47. The Hall–Kier alpha value is -2.35. The smallest absolute Gasteiger partial charge is 0.410 e. The molecule has 1 aromatic rings. The number of ether oxygens (including phenoxy) is 1. The topological polar surface area (TPSA) is 105 Å². The lowest BCUT2D eigenvalue weighted by Crippen LogP contribution is -2.44. The van der Waals surface area contributed by atoms with Crippen molar-refractivity contribution in [3.63, 3.8) is 0 Å². The molecule has 0 aromatic heterocycles. The highest BCUT2D eigenvalue weighted by atomic mass is 16.6. The predicted molar refractivity (Wildman–Crippen MR) is 98.0 cm³/mol. The first kappa shape index (κ1) is 20.0. The van der Waals surface area contributed by atoms with E-state index < -0.39 is 10.5 Å². The van der Waals surface area contributed by atoms with Crippen LogP contribution in [-0.2, 0) is 11.3 Å². The number of likely N-dealkylation sites (tertiary alicyclic amines) is 1. The lowest BCUT2D eigenvalue weighted by Gasteiger charge is -2.34. The van der Waals surface area contributed by atoms with Crippen molar-refractivity contribution >= 4 is 17.5 Å². The van der Waals surface area contributed by atoms with Gasteiger partial charge in [-0.2, -0.15) is 0 Å². The molecule has 1 amide bonds. The first-order valence-electron chi connectivity index (χ1n) is 8.79. The minimum atomic E-state index is -0.534. The normalized spacial score (nSPS) is 17.7. The van der Waals surface area contributed by atoms with E-state index in [4.69, 9.17) is 4.74 Å². The SMILES string of the molecule is CC(C)(C)OC(=O)N1CCC[C@H](CNc2cc(CO)ccc2[N+](=O)[O-])C1. The van der Waals surface area contributed by atoms with E-state index >= 15 is 0 Å². The fraction of sp³-hybridized carbons (Fsp3) is 0.611. The number of carbonyl (C=O) groups excluding carboxylic acids is 1. The molecule has 26 heavy (non-hydrogen) atoms. The Kier molecular flexibility index (Phi) is 6.42. The second-order valence-corrected chi connectivity index (χ2v) is 7.58. The highest BCUT2D eigenvalue weighted by molar-refractivity contribution is 5.68. The van der Waals surface area contributed by atoms with Crippen molar-refractivity contribution < 1.29 is 19.6 Å². The number of nitrogens with one attached hydrogen (secondary N) is 1. The zero-order chi connectivity index (χ0) is 19.3. The number of aliphatic hydroxyl groups excluding tert-OH is 1. The fourth-order valence-corrected chi connectivity index (χ4v) is 2.96. The maximum absolute atomic E-state index is 12.2. The molecule has 1 saturated heterocycles. The third kappa shape index (κ3) is 5.59. The molecule has 1 heterocycles. The number of nitrogens with zero attached hydrogens (tertiary/aromatic N) is 2. The molecule has 1 aromatic carbocycles. The van der Waals surface area contributed by atoms with E-state index in [-0.39, 0.29) is 24.3 Å². The summed E-state index contributed by atoms with van der Waals surface area (Å²) in [5.41, 5.74) is 0.434. The zero-order valence-electron chi connectivity index (χ0n) is 15.5. The highest BCUT2D eigenvalue weighted by Gasteiger charge is 2.28. The quantitative estimate of drug-likeness (QED) is 0.613. The molecule has 0 bridgehead atoms. The second kappa shape index (κ2) is 8.35. The van der Waals surface area contributed by atoms with Crippen molar-refractivity contribution in [2.75, 3.05) is 25.0 Å². The van der Waals surface area contributed by atoms with Gasteiger partial charge in [-0.3, -0.25) is 10.1 Å². The summed E-state index contributed by atoms with van der Waals surface area (Å²) in [5.74, 6) is 0.175. The Morgan fingerprint density at radius 2 is 2.19 bits per heavy atom. The Morgan fingerprint density at radius 3 is 2.81 bits per heavy atom. The minimum absolute atomic E-state index is 0.0259. The first-order chi connectivity index (χ1) is 12.2. The van der Waals surface area contributed by atoms with Gasteiger partial charge in [-0.05, 0) is 57.2 Å². The van der Waals surface area contributed by atoms with Crippen LogP contribution < -0.4 is 5.32 Å². The molecule has 1 aliphatic rings. The molecule has 0 aliphatic carbocycles. The van der Waals surface area contributed by atoms with Crippen LogP contribution in [0, 0.1) is 16.0 Å². The number of piperidine rings is 1. The Balaban J connectivity index is 1.99. The fourth-order valence-electron chi connectivity index (χ4n) is 2.96. The van der Waals surface area contributed by atoms with Crippen LogP contribution in [0.4, 0.5) is 16.2 Å². The van der Waals surface area contributed by atoms with Gasteiger partial charge in [0.15, 0.2) is 0 Å². The summed E-state index contributed by atoms with van der Waals surface area (Å²) >= 11 is 0. The molecule has 0 unspecified atom stereocenters. The van der Waals surface area contributed by atoms with E-state index in [1.165, 1.54) is 12.1 Å². The first-order valence-corrected chi connectivity index (χ1v) is 8.79. The van der Waals surface area contributed by atoms with Gasteiger partial charge in [0.1, 0.15) is 11.3 Å². The molecule has 1 aliphatic heterocycles. The number of nitro groups is 1. The van der Waals surface area contributed by atoms with E-state index in [0.29, 0.717) is 30.9 Å². The van der Waals surface area contributed by atoms with Crippen LogP contribution in [0.25, 0.3) is 0 Å². The molecule has 0 spiro atoms.